The van der Waals surface area contributed by atoms with Gasteiger partial charge in [0.05, 0.1) is 35.5 Å². The highest BCUT2D eigenvalue weighted by Crippen LogP contribution is 2.28. The molecule has 3 heterocycles. The first-order valence-corrected chi connectivity index (χ1v) is 7.82. The molecule has 0 atom stereocenters. The average Bonchev–Trinajstić information content (AvgIpc) is 2.94. The van der Waals surface area contributed by atoms with E-state index < -0.39 is 6.03 Å². The second-order valence-electron chi connectivity index (χ2n) is 5.61. The Labute approximate surface area is 148 Å². The van der Waals surface area contributed by atoms with Crippen LogP contribution >= 0.6 is 11.6 Å². The highest BCUT2D eigenvalue weighted by atomic mass is 35.5. The Morgan fingerprint density at radius 3 is 2.84 bits per heavy atom. The maximum Gasteiger partial charge on any atom is 0.323 e. The molecule has 0 aliphatic carbocycles. The van der Waals surface area contributed by atoms with Gasteiger partial charge in [-0.1, -0.05) is 25.4 Å². The van der Waals surface area contributed by atoms with Crippen molar-refractivity contribution < 1.29 is 4.79 Å². The number of carbonyl (C=O) groups is 1. The topological polar surface area (TPSA) is 108 Å². The normalized spacial score (nSPS) is 10.7. The van der Waals surface area contributed by atoms with Crippen molar-refractivity contribution in [3.63, 3.8) is 0 Å². The number of aromatic nitrogens is 4. The van der Waals surface area contributed by atoms with Gasteiger partial charge in [0.25, 0.3) is 0 Å². The van der Waals surface area contributed by atoms with Gasteiger partial charge in [-0.15, -0.1) is 0 Å². The molecule has 0 saturated heterocycles. The Morgan fingerprint density at radius 1 is 1.32 bits per heavy atom. The molecule has 0 fully saturated rings. The van der Waals surface area contributed by atoms with E-state index in [1.165, 1.54) is 18.5 Å². The van der Waals surface area contributed by atoms with Crippen LogP contribution in [0.25, 0.3) is 5.65 Å². The van der Waals surface area contributed by atoms with Gasteiger partial charge in [0.2, 0.25) is 0 Å². The molecule has 2 N–H and O–H groups in total. The summed E-state index contributed by atoms with van der Waals surface area (Å²) >= 11 is 5.95. The lowest BCUT2D eigenvalue weighted by molar-refractivity contribution is 0.262. The number of nitrogens with zero attached hydrogens (tertiary/aromatic N) is 5. The number of imidazole rings is 1. The third kappa shape index (κ3) is 3.51. The van der Waals surface area contributed by atoms with Gasteiger partial charge < -0.3 is 10.6 Å². The lowest BCUT2D eigenvalue weighted by Crippen LogP contribution is -2.21. The molecule has 0 saturated carbocycles. The Morgan fingerprint density at radius 2 is 2.12 bits per heavy atom. The Kier molecular flexibility index (Phi) is 4.50. The van der Waals surface area contributed by atoms with Crippen molar-refractivity contribution in [2.24, 2.45) is 0 Å². The summed E-state index contributed by atoms with van der Waals surface area (Å²) in [6.45, 7) is 3.97. The van der Waals surface area contributed by atoms with Crippen LogP contribution in [0.5, 0.6) is 0 Å². The fourth-order valence-electron chi connectivity index (χ4n) is 2.45. The van der Waals surface area contributed by atoms with Gasteiger partial charge in [-0.3, -0.25) is 4.98 Å². The van der Waals surface area contributed by atoms with Crippen LogP contribution in [0, 0.1) is 11.3 Å². The molecule has 0 bridgehead atoms. The smallest absolute Gasteiger partial charge is 0.306 e. The summed E-state index contributed by atoms with van der Waals surface area (Å²) in [5.74, 6) is 0.0860. The van der Waals surface area contributed by atoms with Crippen LogP contribution in [0.2, 0.25) is 5.15 Å². The van der Waals surface area contributed by atoms with Crippen molar-refractivity contribution in [2.45, 2.75) is 19.8 Å². The van der Waals surface area contributed by atoms with Crippen molar-refractivity contribution in [2.75, 3.05) is 10.6 Å². The number of nitrogens with one attached hydrogen (secondary N) is 2. The van der Waals surface area contributed by atoms with Gasteiger partial charge in [0.15, 0.2) is 5.65 Å². The first-order chi connectivity index (χ1) is 12.0. The van der Waals surface area contributed by atoms with E-state index in [1.807, 2.05) is 19.9 Å². The van der Waals surface area contributed by atoms with Gasteiger partial charge in [-0.25, -0.2) is 14.3 Å². The molecule has 0 spiro atoms. The molecule has 126 valence electrons. The maximum atomic E-state index is 12.3. The molecule has 8 nitrogen and oxygen atoms in total. The number of hydrogen-bond donors (Lipinski definition) is 2. The molecule has 0 aliphatic heterocycles. The molecule has 3 rings (SSSR count). The average molecular weight is 356 g/mol. The number of rotatable bonds is 3. The van der Waals surface area contributed by atoms with Crippen LogP contribution in [0.4, 0.5) is 16.2 Å². The summed E-state index contributed by atoms with van der Waals surface area (Å²) in [5, 5.41) is 18.8. The number of urea groups is 1. The van der Waals surface area contributed by atoms with E-state index in [2.05, 4.69) is 25.7 Å². The van der Waals surface area contributed by atoms with E-state index in [-0.39, 0.29) is 5.92 Å². The van der Waals surface area contributed by atoms with Crippen molar-refractivity contribution >= 4 is 34.7 Å². The number of anilines is 2. The van der Waals surface area contributed by atoms with Gasteiger partial charge in [-0.05, 0) is 12.0 Å². The molecule has 3 aromatic rings. The Hall–Kier alpha value is -3.18. The molecule has 0 aromatic carbocycles. The summed E-state index contributed by atoms with van der Waals surface area (Å²) in [7, 11) is 0. The van der Waals surface area contributed by atoms with E-state index in [4.69, 9.17) is 16.9 Å². The summed E-state index contributed by atoms with van der Waals surface area (Å²) in [5.41, 5.74) is 2.72. The summed E-state index contributed by atoms with van der Waals surface area (Å²) in [6.07, 6.45) is 6.02. The zero-order valence-corrected chi connectivity index (χ0v) is 14.2. The van der Waals surface area contributed by atoms with Crippen LogP contribution in [0.15, 0.2) is 30.9 Å². The molecule has 9 heteroatoms. The standard InChI is InChI=1S/C16H14ClN7O/c1-9(2)14-12(7-20-24-8-13(17)23-15(14)24)22-16(25)21-11-3-10(4-18)5-19-6-11/h3,5-9H,1-2H3,(H2,21,22,25). The number of hydrogen-bond acceptors (Lipinski definition) is 5. The van der Waals surface area contributed by atoms with Gasteiger partial charge in [0.1, 0.15) is 11.2 Å². The van der Waals surface area contributed by atoms with Crippen LogP contribution in [0.1, 0.15) is 30.9 Å². The summed E-state index contributed by atoms with van der Waals surface area (Å²) < 4.78 is 1.57. The number of carbonyl (C=O) groups excluding carboxylic acids is 1. The fourth-order valence-corrected chi connectivity index (χ4v) is 2.62. The minimum absolute atomic E-state index is 0.0860. The van der Waals surface area contributed by atoms with Crippen LogP contribution in [0.3, 0.4) is 0 Å². The van der Waals surface area contributed by atoms with Crippen molar-refractivity contribution in [3.8, 4) is 6.07 Å². The number of amides is 2. The number of halogens is 1. The minimum Gasteiger partial charge on any atom is -0.306 e. The van der Waals surface area contributed by atoms with Gasteiger partial charge in [-0.2, -0.15) is 10.4 Å². The second kappa shape index (κ2) is 6.75. The van der Waals surface area contributed by atoms with Crippen LogP contribution in [-0.2, 0) is 0 Å². The fraction of sp³-hybridized carbons (Fsp3) is 0.188. The lowest BCUT2D eigenvalue weighted by Gasteiger charge is -2.14. The third-order valence-electron chi connectivity index (χ3n) is 3.45. The monoisotopic (exact) mass is 355 g/mol. The SMILES string of the molecule is CC(C)c1c(NC(=O)Nc2cncc(C#N)c2)cnn2cc(Cl)nc12. The quantitative estimate of drug-likeness (QED) is 0.748. The van der Waals surface area contributed by atoms with E-state index >= 15 is 0 Å². The van der Waals surface area contributed by atoms with E-state index in [0.29, 0.717) is 27.7 Å². The summed E-state index contributed by atoms with van der Waals surface area (Å²) in [4.78, 5) is 20.4. The number of pyridine rings is 1. The van der Waals surface area contributed by atoms with Gasteiger partial charge >= 0.3 is 6.03 Å². The van der Waals surface area contributed by atoms with Crippen molar-refractivity contribution in [1.29, 1.82) is 5.26 Å². The molecule has 3 aromatic heterocycles. The second-order valence-corrected chi connectivity index (χ2v) is 6.00. The number of nitriles is 1. The predicted molar refractivity (Wildman–Crippen MR) is 93.7 cm³/mol. The van der Waals surface area contributed by atoms with Crippen molar-refractivity contribution in [3.05, 3.63) is 47.1 Å². The summed E-state index contributed by atoms with van der Waals surface area (Å²) in [6, 6.07) is 3.03. The molecular weight excluding hydrogens is 342 g/mol. The first kappa shape index (κ1) is 16.7. The van der Waals surface area contributed by atoms with E-state index in [0.717, 1.165) is 5.56 Å². The zero-order chi connectivity index (χ0) is 18.0. The highest BCUT2D eigenvalue weighted by Gasteiger charge is 2.17. The predicted octanol–water partition coefficient (Wildman–Crippen LogP) is 3.42. The first-order valence-electron chi connectivity index (χ1n) is 7.45. The maximum absolute atomic E-state index is 12.3. The largest absolute Gasteiger partial charge is 0.323 e. The Balaban J connectivity index is 1.88. The van der Waals surface area contributed by atoms with Crippen LogP contribution < -0.4 is 10.6 Å². The van der Waals surface area contributed by atoms with Crippen molar-refractivity contribution in [1.82, 2.24) is 19.6 Å². The molecule has 0 radical (unpaired) electrons. The molecule has 0 aliphatic rings. The van der Waals surface area contributed by atoms with E-state index in [9.17, 15) is 4.79 Å². The molecule has 0 unspecified atom stereocenters. The van der Waals surface area contributed by atoms with Gasteiger partial charge in [0, 0.05) is 11.8 Å². The van der Waals surface area contributed by atoms with Crippen LogP contribution in [-0.4, -0.2) is 25.6 Å². The number of fused-ring (bicyclic) bond motifs is 1. The zero-order valence-electron chi connectivity index (χ0n) is 13.5. The molecular formula is C16H14ClN7O. The Bertz CT molecular complexity index is 990. The lowest BCUT2D eigenvalue weighted by atomic mass is 10.0. The highest BCUT2D eigenvalue weighted by molar-refractivity contribution is 6.29. The minimum atomic E-state index is -0.470. The molecule has 25 heavy (non-hydrogen) atoms. The third-order valence-corrected chi connectivity index (χ3v) is 3.63. The van der Waals surface area contributed by atoms with E-state index in [1.54, 1.807) is 16.9 Å². The molecule has 2 amide bonds.